The Kier molecular flexibility index (Phi) is 5.40. The highest BCUT2D eigenvalue weighted by Crippen LogP contribution is 2.38. The summed E-state index contributed by atoms with van der Waals surface area (Å²) in [6.07, 6.45) is 3.79. The molecule has 104 valence electrons. The van der Waals surface area contributed by atoms with Gasteiger partial charge in [0.15, 0.2) is 0 Å². The third-order valence-electron chi connectivity index (χ3n) is 3.81. The lowest BCUT2D eigenvalue weighted by Gasteiger charge is -2.37. The van der Waals surface area contributed by atoms with Crippen molar-refractivity contribution < 1.29 is 9.59 Å². The zero-order valence-electron chi connectivity index (χ0n) is 11.0. The third-order valence-corrected chi connectivity index (χ3v) is 3.81. The molecule has 1 aliphatic carbocycles. The molecule has 0 bridgehead atoms. The van der Waals surface area contributed by atoms with Crippen molar-refractivity contribution >= 4 is 11.9 Å². The van der Waals surface area contributed by atoms with Crippen molar-refractivity contribution in [3.05, 3.63) is 0 Å². The lowest BCUT2D eigenvalue weighted by atomic mass is 9.70. The molecule has 0 radical (unpaired) electrons. The van der Waals surface area contributed by atoms with E-state index in [9.17, 15) is 9.59 Å². The van der Waals surface area contributed by atoms with Gasteiger partial charge in [0, 0.05) is 19.6 Å². The van der Waals surface area contributed by atoms with E-state index < -0.39 is 11.4 Å². The molecule has 18 heavy (non-hydrogen) atoms. The molecule has 1 aliphatic rings. The fourth-order valence-electron chi connectivity index (χ4n) is 2.39. The van der Waals surface area contributed by atoms with Crippen molar-refractivity contribution in [3.8, 4) is 0 Å². The van der Waals surface area contributed by atoms with Crippen LogP contribution in [0, 0.1) is 11.3 Å². The van der Waals surface area contributed by atoms with E-state index in [0.717, 1.165) is 25.7 Å². The van der Waals surface area contributed by atoms with Crippen LogP contribution < -0.4 is 22.1 Å². The van der Waals surface area contributed by atoms with E-state index in [-0.39, 0.29) is 5.91 Å². The minimum atomic E-state index is -0.579. The van der Waals surface area contributed by atoms with Crippen LogP contribution in [0.4, 0.5) is 4.79 Å². The van der Waals surface area contributed by atoms with Gasteiger partial charge in [0.05, 0.1) is 5.41 Å². The van der Waals surface area contributed by atoms with Gasteiger partial charge in [-0.2, -0.15) is 0 Å². The second-order valence-corrected chi connectivity index (χ2v) is 5.21. The first-order valence-electron chi connectivity index (χ1n) is 6.52. The van der Waals surface area contributed by atoms with Crippen LogP contribution in [0.2, 0.25) is 0 Å². The van der Waals surface area contributed by atoms with Gasteiger partial charge < -0.3 is 22.1 Å². The molecule has 0 atom stereocenters. The zero-order chi connectivity index (χ0) is 13.6. The second kappa shape index (κ2) is 6.58. The summed E-state index contributed by atoms with van der Waals surface area (Å²) in [5.41, 5.74) is 10.3. The Bertz CT molecular complexity index is 298. The van der Waals surface area contributed by atoms with Crippen LogP contribution in [0.3, 0.4) is 0 Å². The van der Waals surface area contributed by atoms with Crippen molar-refractivity contribution in [1.82, 2.24) is 10.6 Å². The average Bonchev–Trinajstić information content (AvgIpc) is 2.35. The van der Waals surface area contributed by atoms with Gasteiger partial charge in [0.2, 0.25) is 5.91 Å². The molecule has 0 aliphatic heterocycles. The van der Waals surface area contributed by atoms with E-state index >= 15 is 0 Å². The van der Waals surface area contributed by atoms with Crippen molar-refractivity contribution in [1.29, 1.82) is 0 Å². The van der Waals surface area contributed by atoms with Gasteiger partial charge in [-0.1, -0.05) is 6.92 Å². The number of urea groups is 1. The maximum Gasteiger partial charge on any atom is 0.312 e. The topological polar surface area (TPSA) is 110 Å². The highest BCUT2D eigenvalue weighted by atomic mass is 16.2. The normalized spacial score (nSPS) is 27.6. The Labute approximate surface area is 108 Å². The third kappa shape index (κ3) is 3.87. The van der Waals surface area contributed by atoms with Crippen LogP contribution in [-0.2, 0) is 4.79 Å². The number of carbonyl (C=O) groups excluding carboxylic acids is 2. The Morgan fingerprint density at radius 1 is 1.22 bits per heavy atom. The average molecular weight is 256 g/mol. The van der Waals surface area contributed by atoms with Crippen molar-refractivity contribution in [2.75, 3.05) is 19.6 Å². The molecule has 1 fully saturated rings. The summed E-state index contributed by atoms with van der Waals surface area (Å²) in [5.74, 6) is 0.678. The number of nitrogens with one attached hydrogen (secondary N) is 2. The predicted octanol–water partition coefficient (Wildman–Crippen LogP) is -0.0739. The van der Waals surface area contributed by atoms with Crippen LogP contribution >= 0.6 is 0 Å². The number of rotatable bonds is 5. The fourth-order valence-corrected chi connectivity index (χ4v) is 2.39. The minimum absolute atomic E-state index is 0.00294. The molecule has 6 heteroatoms. The molecule has 1 saturated carbocycles. The first-order chi connectivity index (χ1) is 8.50. The van der Waals surface area contributed by atoms with E-state index in [0.29, 0.717) is 25.6 Å². The highest BCUT2D eigenvalue weighted by molar-refractivity contribution is 5.83. The zero-order valence-corrected chi connectivity index (χ0v) is 11.0. The van der Waals surface area contributed by atoms with Gasteiger partial charge in [0.1, 0.15) is 0 Å². The van der Waals surface area contributed by atoms with Crippen molar-refractivity contribution in [3.63, 3.8) is 0 Å². The Morgan fingerprint density at radius 3 is 2.28 bits per heavy atom. The minimum Gasteiger partial charge on any atom is -0.354 e. The number of primary amides is 1. The molecular weight excluding hydrogens is 232 g/mol. The van der Waals surface area contributed by atoms with Crippen LogP contribution in [-0.4, -0.2) is 31.6 Å². The molecule has 0 unspecified atom stereocenters. The smallest absolute Gasteiger partial charge is 0.312 e. The van der Waals surface area contributed by atoms with Gasteiger partial charge in [-0.05, 0) is 31.6 Å². The lowest BCUT2D eigenvalue weighted by molar-refractivity contribution is -0.132. The first kappa shape index (κ1) is 14.8. The van der Waals surface area contributed by atoms with E-state index in [1.54, 1.807) is 0 Å². The summed E-state index contributed by atoms with van der Waals surface area (Å²) in [6, 6.07) is -0.579. The van der Waals surface area contributed by atoms with Gasteiger partial charge in [-0.25, -0.2) is 4.79 Å². The number of amides is 3. The fraction of sp³-hybridized carbons (Fsp3) is 0.833. The van der Waals surface area contributed by atoms with E-state index in [2.05, 4.69) is 17.6 Å². The molecule has 6 N–H and O–H groups in total. The molecular formula is C12H24N4O2. The van der Waals surface area contributed by atoms with Crippen LogP contribution in [0.15, 0.2) is 0 Å². The SMILES string of the molecule is CC1CCC(CN)(C(=O)NCCNC(N)=O)CC1. The van der Waals surface area contributed by atoms with Crippen molar-refractivity contribution in [2.24, 2.45) is 22.8 Å². The summed E-state index contributed by atoms with van der Waals surface area (Å²) in [7, 11) is 0. The number of carbonyl (C=O) groups is 2. The molecule has 0 aromatic rings. The number of hydrogen-bond donors (Lipinski definition) is 4. The molecule has 0 aromatic heterocycles. The van der Waals surface area contributed by atoms with Gasteiger partial charge >= 0.3 is 6.03 Å². The maximum atomic E-state index is 12.2. The maximum absolute atomic E-state index is 12.2. The predicted molar refractivity (Wildman–Crippen MR) is 69.7 cm³/mol. The lowest BCUT2D eigenvalue weighted by Crippen LogP contribution is -2.49. The molecule has 1 rings (SSSR count). The largest absolute Gasteiger partial charge is 0.354 e. The second-order valence-electron chi connectivity index (χ2n) is 5.21. The van der Waals surface area contributed by atoms with E-state index in [4.69, 9.17) is 11.5 Å². The summed E-state index contributed by atoms with van der Waals surface area (Å²) in [6.45, 7) is 3.32. The van der Waals surface area contributed by atoms with Gasteiger partial charge in [0.25, 0.3) is 0 Å². The van der Waals surface area contributed by atoms with Crippen LogP contribution in [0.25, 0.3) is 0 Å². The number of hydrogen-bond acceptors (Lipinski definition) is 3. The summed E-state index contributed by atoms with van der Waals surface area (Å²) in [5, 5.41) is 5.26. The first-order valence-corrected chi connectivity index (χ1v) is 6.52. The Morgan fingerprint density at radius 2 is 1.78 bits per heavy atom. The standard InChI is InChI=1S/C12H24N4O2/c1-9-2-4-12(8-13,5-3-9)10(17)15-6-7-16-11(14)18/h9H,2-8,13H2,1H3,(H,15,17)(H3,14,16,18). The molecule has 0 aromatic carbocycles. The summed E-state index contributed by atoms with van der Waals surface area (Å²) in [4.78, 5) is 22.6. The van der Waals surface area contributed by atoms with E-state index in [1.165, 1.54) is 0 Å². The number of nitrogens with two attached hydrogens (primary N) is 2. The summed E-state index contributed by atoms with van der Waals surface area (Å²) < 4.78 is 0. The Balaban J connectivity index is 2.40. The molecule has 6 nitrogen and oxygen atoms in total. The van der Waals surface area contributed by atoms with E-state index in [1.807, 2.05) is 0 Å². The molecule has 3 amide bonds. The highest BCUT2D eigenvalue weighted by Gasteiger charge is 2.39. The van der Waals surface area contributed by atoms with Gasteiger partial charge in [-0.15, -0.1) is 0 Å². The van der Waals surface area contributed by atoms with Gasteiger partial charge in [-0.3, -0.25) is 4.79 Å². The van der Waals surface area contributed by atoms with Crippen LogP contribution in [0.5, 0.6) is 0 Å². The van der Waals surface area contributed by atoms with Crippen molar-refractivity contribution in [2.45, 2.75) is 32.6 Å². The molecule has 0 spiro atoms. The monoisotopic (exact) mass is 256 g/mol. The Hall–Kier alpha value is -1.30. The summed E-state index contributed by atoms with van der Waals surface area (Å²) >= 11 is 0. The van der Waals surface area contributed by atoms with Crippen LogP contribution in [0.1, 0.15) is 32.6 Å². The quantitative estimate of drug-likeness (QED) is 0.516. The molecule has 0 heterocycles. The molecule has 0 saturated heterocycles.